The molecule has 20 heavy (non-hydrogen) atoms. The molecule has 4 nitrogen and oxygen atoms in total. The van der Waals surface area contributed by atoms with Gasteiger partial charge in [-0.25, -0.2) is 0 Å². The van der Waals surface area contributed by atoms with Crippen LogP contribution in [0.15, 0.2) is 42.5 Å². The van der Waals surface area contributed by atoms with Crippen LogP contribution in [0, 0.1) is 6.92 Å². The van der Waals surface area contributed by atoms with Gasteiger partial charge in [0.05, 0.1) is 12.2 Å². The Labute approximate surface area is 118 Å². The van der Waals surface area contributed by atoms with Crippen LogP contribution >= 0.6 is 0 Å². The average molecular weight is 270 g/mol. The van der Waals surface area contributed by atoms with Crippen molar-refractivity contribution in [1.82, 2.24) is 0 Å². The second kappa shape index (κ2) is 6.21. The van der Waals surface area contributed by atoms with E-state index < -0.39 is 0 Å². The van der Waals surface area contributed by atoms with Gasteiger partial charge in [-0.15, -0.1) is 0 Å². The average Bonchev–Trinajstić information content (AvgIpc) is 2.48. The maximum absolute atomic E-state index is 12.3. The molecule has 4 heteroatoms. The molecule has 0 aliphatic heterocycles. The number of carbonyl (C=O) groups excluding carboxylic acids is 1. The summed E-state index contributed by atoms with van der Waals surface area (Å²) in [7, 11) is 1.79. The van der Waals surface area contributed by atoms with Crippen LogP contribution in [0.3, 0.4) is 0 Å². The molecule has 104 valence electrons. The number of hydrogen-bond acceptors (Lipinski definition) is 3. The van der Waals surface area contributed by atoms with Crippen molar-refractivity contribution in [2.45, 2.75) is 13.5 Å². The first-order valence-electron chi connectivity index (χ1n) is 6.43. The number of aryl methyl sites for hydroxylation is 1. The van der Waals surface area contributed by atoms with Gasteiger partial charge >= 0.3 is 0 Å². The van der Waals surface area contributed by atoms with Gasteiger partial charge in [0.15, 0.2) is 0 Å². The molecule has 0 saturated carbocycles. The zero-order valence-corrected chi connectivity index (χ0v) is 11.6. The van der Waals surface area contributed by atoms with Crippen molar-refractivity contribution in [1.29, 1.82) is 0 Å². The first kappa shape index (κ1) is 14.1. The number of hydrogen-bond donors (Lipinski definition) is 3. The van der Waals surface area contributed by atoms with Crippen molar-refractivity contribution in [3.8, 4) is 0 Å². The number of aliphatic hydroxyl groups is 1. The molecule has 2 rings (SSSR count). The number of carbonyl (C=O) groups is 1. The maximum Gasteiger partial charge on any atom is 0.257 e. The van der Waals surface area contributed by atoms with E-state index >= 15 is 0 Å². The van der Waals surface area contributed by atoms with Gasteiger partial charge in [-0.1, -0.05) is 23.8 Å². The summed E-state index contributed by atoms with van der Waals surface area (Å²) in [4.78, 5) is 12.3. The standard InChI is InChI=1S/C16H18N2O2/c1-11-3-8-15(17-2)14(9-11)16(20)18-13-6-4-12(10-19)5-7-13/h3-9,17,19H,10H2,1-2H3,(H,18,20). The molecule has 0 bridgehead atoms. The molecular weight excluding hydrogens is 252 g/mol. The summed E-state index contributed by atoms with van der Waals surface area (Å²) < 4.78 is 0. The lowest BCUT2D eigenvalue weighted by Crippen LogP contribution is -2.14. The first-order chi connectivity index (χ1) is 9.63. The van der Waals surface area contributed by atoms with Crippen molar-refractivity contribution < 1.29 is 9.90 Å². The summed E-state index contributed by atoms with van der Waals surface area (Å²) in [5.74, 6) is -0.158. The highest BCUT2D eigenvalue weighted by Gasteiger charge is 2.11. The lowest BCUT2D eigenvalue weighted by molar-refractivity contribution is 0.102. The Hall–Kier alpha value is -2.33. The van der Waals surface area contributed by atoms with Crippen molar-refractivity contribution in [2.24, 2.45) is 0 Å². The maximum atomic E-state index is 12.3. The van der Waals surface area contributed by atoms with E-state index in [1.807, 2.05) is 25.1 Å². The Kier molecular flexibility index (Phi) is 4.38. The summed E-state index contributed by atoms with van der Waals surface area (Å²) in [5, 5.41) is 14.9. The lowest BCUT2D eigenvalue weighted by atomic mass is 10.1. The molecule has 0 heterocycles. The summed E-state index contributed by atoms with van der Waals surface area (Å²) in [5.41, 5.74) is 3.95. The molecule has 0 unspecified atom stereocenters. The summed E-state index contributed by atoms with van der Waals surface area (Å²) in [6.45, 7) is 1.95. The fourth-order valence-corrected chi connectivity index (χ4v) is 1.96. The Morgan fingerprint density at radius 1 is 1.15 bits per heavy atom. The molecule has 0 fully saturated rings. The fraction of sp³-hybridized carbons (Fsp3) is 0.188. The Bertz CT molecular complexity index is 606. The van der Waals surface area contributed by atoms with Crippen molar-refractivity contribution in [3.05, 3.63) is 59.2 Å². The normalized spacial score (nSPS) is 10.2. The number of aliphatic hydroxyl groups excluding tert-OH is 1. The van der Waals surface area contributed by atoms with Gasteiger partial charge in [0.25, 0.3) is 5.91 Å². The first-order valence-corrected chi connectivity index (χ1v) is 6.43. The number of amides is 1. The van der Waals surface area contributed by atoms with E-state index in [0.29, 0.717) is 11.3 Å². The molecule has 1 amide bonds. The molecule has 0 aliphatic rings. The molecule has 0 aromatic heterocycles. The predicted octanol–water partition coefficient (Wildman–Crippen LogP) is 2.78. The highest BCUT2D eigenvalue weighted by Crippen LogP contribution is 2.19. The van der Waals surface area contributed by atoms with Gasteiger partial charge in [0.1, 0.15) is 0 Å². The summed E-state index contributed by atoms with van der Waals surface area (Å²) in [6.07, 6.45) is 0. The fourth-order valence-electron chi connectivity index (χ4n) is 1.96. The minimum atomic E-state index is -0.158. The summed E-state index contributed by atoms with van der Waals surface area (Å²) in [6, 6.07) is 12.8. The van der Waals surface area contributed by atoms with E-state index in [-0.39, 0.29) is 12.5 Å². The van der Waals surface area contributed by atoms with Gasteiger partial charge < -0.3 is 15.7 Å². The zero-order chi connectivity index (χ0) is 14.5. The molecule has 0 atom stereocenters. The third-order valence-corrected chi connectivity index (χ3v) is 3.08. The van der Waals surface area contributed by atoms with Crippen molar-refractivity contribution >= 4 is 17.3 Å². The monoisotopic (exact) mass is 270 g/mol. The highest BCUT2D eigenvalue weighted by atomic mass is 16.3. The van der Waals surface area contributed by atoms with Crippen molar-refractivity contribution in [3.63, 3.8) is 0 Å². The van der Waals surface area contributed by atoms with E-state index in [0.717, 1.165) is 16.8 Å². The molecule has 0 spiro atoms. The predicted molar refractivity (Wildman–Crippen MR) is 81.0 cm³/mol. The van der Waals surface area contributed by atoms with Gasteiger partial charge in [-0.05, 0) is 36.8 Å². The van der Waals surface area contributed by atoms with E-state index in [4.69, 9.17) is 5.11 Å². The van der Waals surface area contributed by atoms with Gasteiger partial charge in [-0.3, -0.25) is 4.79 Å². The third-order valence-electron chi connectivity index (χ3n) is 3.08. The highest BCUT2D eigenvalue weighted by molar-refractivity contribution is 6.08. The van der Waals surface area contributed by atoms with E-state index in [9.17, 15) is 4.79 Å². The Balaban J connectivity index is 2.20. The molecular formula is C16H18N2O2. The van der Waals surface area contributed by atoms with E-state index in [1.165, 1.54) is 0 Å². The topological polar surface area (TPSA) is 61.4 Å². The second-order valence-corrected chi connectivity index (χ2v) is 4.61. The van der Waals surface area contributed by atoms with Crippen LogP contribution in [0.5, 0.6) is 0 Å². The molecule has 0 saturated heterocycles. The third kappa shape index (κ3) is 3.16. The SMILES string of the molecule is CNc1ccc(C)cc1C(=O)Nc1ccc(CO)cc1. The molecule has 0 radical (unpaired) electrons. The Morgan fingerprint density at radius 3 is 2.45 bits per heavy atom. The molecule has 3 N–H and O–H groups in total. The van der Waals surface area contributed by atoms with Gasteiger partial charge in [-0.2, -0.15) is 0 Å². The number of benzene rings is 2. The van der Waals surface area contributed by atoms with E-state index in [1.54, 1.807) is 31.3 Å². The second-order valence-electron chi connectivity index (χ2n) is 4.61. The lowest BCUT2D eigenvalue weighted by Gasteiger charge is -2.11. The minimum Gasteiger partial charge on any atom is -0.392 e. The number of nitrogens with one attached hydrogen (secondary N) is 2. The number of anilines is 2. The zero-order valence-electron chi connectivity index (χ0n) is 11.6. The van der Waals surface area contributed by atoms with Gasteiger partial charge in [0.2, 0.25) is 0 Å². The smallest absolute Gasteiger partial charge is 0.257 e. The molecule has 2 aromatic carbocycles. The quantitative estimate of drug-likeness (QED) is 0.800. The number of rotatable bonds is 4. The van der Waals surface area contributed by atoms with Crippen molar-refractivity contribution in [2.75, 3.05) is 17.7 Å². The van der Waals surface area contributed by atoms with Crippen LogP contribution in [0.4, 0.5) is 11.4 Å². The van der Waals surface area contributed by atoms with Gasteiger partial charge in [0, 0.05) is 18.4 Å². The van der Waals surface area contributed by atoms with Crippen LogP contribution in [0.2, 0.25) is 0 Å². The Morgan fingerprint density at radius 2 is 1.85 bits per heavy atom. The van der Waals surface area contributed by atoms with Crippen LogP contribution in [0.1, 0.15) is 21.5 Å². The van der Waals surface area contributed by atoms with Crippen LogP contribution in [-0.2, 0) is 6.61 Å². The molecule has 0 aliphatic carbocycles. The van der Waals surface area contributed by atoms with Crippen LogP contribution in [-0.4, -0.2) is 18.1 Å². The summed E-state index contributed by atoms with van der Waals surface area (Å²) >= 11 is 0. The van der Waals surface area contributed by atoms with Crippen LogP contribution < -0.4 is 10.6 Å². The van der Waals surface area contributed by atoms with E-state index in [2.05, 4.69) is 10.6 Å². The van der Waals surface area contributed by atoms with Crippen LogP contribution in [0.25, 0.3) is 0 Å². The molecule has 2 aromatic rings. The minimum absolute atomic E-state index is 0.00396. The largest absolute Gasteiger partial charge is 0.392 e.